The highest BCUT2D eigenvalue weighted by Crippen LogP contribution is 2.23. The Bertz CT molecular complexity index is 404. The quantitative estimate of drug-likeness (QED) is 0.811. The molecule has 1 aromatic rings. The van der Waals surface area contributed by atoms with Gasteiger partial charge in [0.1, 0.15) is 0 Å². The van der Waals surface area contributed by atoms with Crippen molar-refractivity contribution in [3.8, 4) is 0 Å². The third-order valence-electron chi connectivity index (χ3n) is 3.37. The number of hydrogen-bond donors (Lipinski definition) is 1. The molecule has 1 fully saturated rings. The highest BCUT2D eigenvalue weighted by Gasteiger charge is 2.29. The lowest BCUT2D eigenvalue weighted by Gasteiger charge is -2.26. The number of benzene rings is 1. The molecule has 2 aliphatic heterocycles. The van der Waals surface area contributed by atoms with Crippen molar-refractivity contribution in [2.75, 3.05) is 18.1 Å². The average Bonchev–Trinajstić information content (AvgIpc) is 2.82. The SMILES string of the molecule is O=C(C1CSCCN1)N1Cc2ccccc2C1. The van der Waals surface area contributed by atoms with Gasteiger partial charge in [-0.2, -0.15) is 11.8 Å². The number of hydrogen-bond acceptors (Lipinski definition) is 3. The number of nitrogens with zero attached hydrogens (tertiary/aromatic N) is 1. The van der Waals surface area contributed by atoms with Crippen LogP contribution >= 0.6 is 11.8 Å². The molecule has 0 radical (unpaired) electrons. The van der Waals surface area contributed by atoms with E-state index in [1.54, 1.807) is 0 Å². The van der Waals surface area contributed by atoms with Gasteiger partial charge in [-0.3, -0.25) is 4.79 Å². The molecule has 1 unspecified atom stereocenters. The minimum absolute atomic E-state index is 0.0167. The standard InChI is InChI=1S/C13H16N2OS/c16-13(12-9-17-6-5-14-12)15-7-10-3-1-2-4-11(10)8-15/h1-4,12,14H,5-9H2. The van der Waals surface area contributed by atoms with Gasteiger partial charge in [0.2, 0.25) is 5.91 Å². The molecule has 0 spiro atoms. The van der Waals surface area contributed by atoms with Gasteiger partial charge in [0.05, 0.1) is 6.04 Å². The maximum atomic E-state index is 12.3. The Hall–Kier alpha value is -1.00. The summed E-state index contributed by atoms with van der Waals surface area (Å²) in [6, 6.07) is 8.34. The predicted molar refractivity (Wildman–Crippen MR) is 69.8 cm³/mol. The van der Waals surface area contributed by atoms with Crippen LogP contribution < -0.4 is 5.32 Å². The van der Waals surface area contributed by atoms with E-state index in [1.807, 2.05) is 28.8 Å². The molecule has 0 aliphatic carbocycles. The maximum Gasteiger partial charge on any atom is 0.241 e. The van der Waals surface area contributed by atoms with Crippen LogP contribution in [0.15, 0.2) is 24.3 Å². The zero-order valence-electron chi connectivity index (χ0n) is 9.69. The molecule has 2 heterocycles. The van der Waals surface area contributed by atoms with Gasteiger partial charge < -0.3 is 10.2 Å². The molecule has 3 rings (SSSR count). The summed E-state index contributed by atoms with van der Waals surface area (Å²) >= 11 is 1.86. The third kappa shape index (κ3) is 2.19. The highest BCUT2D eigenvalue weighted by molar-refractivity contribution is 7.99. The number of rotatable bonds is 1. The Balaban J connectivity index is 1.69. The van der Waals surface area contributed by atoms with Gasteiger partial charge in [-0.15, -0.1) is 0 Å². The van der Waals surface area contributed by atoms with Crippen molar-refractivity contribution >= 4 is 17.7 Å². The van der Waals surface area contributed by atoms with E-state index >= 15 is 0 Å². The second kappa shape index (κ2) is 4.70. The van der Waals surface area contributed by atoms with Crippen LogP contribution in [0.5, 0.6) is 0 Å². The summed E-state index contributed by atoms with van der Waals surface area (Å²) in [5.74, 6) is 2.28. The van der Waals surface area contributed by atoms with E-state index in [1.165, 1.54) is 11.1 Å². The molecular formula is C13H16N2OS. The van der Waals surface area contributed by atoms with Gasteiger partial charge in [-0.25, -0.2) is 0 Å². The minimum atomic E-state index is 0.0167. The Kier molecular flexibility index (Phi) is 3.07. The lowest BCUT2D eigenvalue weighted by Crippen LogP contribution is -2.49. The van der Waals surface area contributed by atoms with Gasteiger partial charge in [0, 0.05) is 31.1 Å². The van der Waals surface area contributed by atoms with E-state index in [9.17, 15) is 4.79 Å². The first kappa shape index (κ1) is 11.1. The number of nitrogens with one attached hydrogen (secondary N) is 1. The van der Waals surface area contributed by atoms with E-state index < -0.39 is 0 Å². The summed E-state index contributed by atoms with van der Waals surface area (Å²) in [4.78, 5) is 14.3. The van der Waals surface area contributed by atoms with Crippen molar-refractivity contribution < 1.29 is 4.79 Å². The fourth-order valence-corrected chi connectivity index (χ4v) is 3.36. The number of thioether (sulfide) groups is 1. The monoisotopic (exact) mass is 248 g/mol. The van der Waals surface area contributed by atoms with Crippen molar-refractivity contribution in [1.82, 2.24) is 10.2 Å². The summed E-state index contributed by atoms with van der Waals surface area (Å²) in [6.07, 6.45) is 0. The molecule has 1 atom stereocenters. The smallest absolute Gasteiger partial charge is 0.241 e. The Morgan fingerprint density at radius 3 is 2.59 bits per heavy atom. The molecule has 3 nitrogen and oxygen atoms in total. The number of amides is 1. The molecule has 2 aliphatic rings. The summed E-state index contributed by atoms with van der Waals surface area (Å²) in [7, 11) is 0. The van der Waals surface area contributed by atoms with Crippen LogP contribution in [-0.4, -0.2) is 34.9 Å². The van der Waals surface area contributed by atoms with Crippen LogP contribution in [0, 0.1) is 0 Å². The molecule has 0 aromatic heterocycles. The van der Waals surface area contributed by atoms with E-state index in [2.05, 4.69) is 17.4 Å². The van der Waals surface area contributed by atoms with E-state index in [0.29, 0.717) is 0 Å². The van der Waals surface area contributed by atoms with E-state index in [-0.39, 0.29) is 11.9 Å². The van der Waals surface area contributed by atoms with E-state index in [0.717, 1.165) is 31.1 Å². The molecule has 1 amide bonds. The zero-order valence-corrected chi connectivity index (χ0v) is 10.5. The number of carbonyl (C=O) groups is 1. The summed E-state index contributed by atoms with van der Waals surface area (Å²) in [5, 5.41) is 3.31. The predicted octanol–water partition coefficient (Wildman–Crippen LogP) is 1.23. The molecule has 1 aromatic carbocycles. The van der Waals surface area contributed by atoms with Crippen LogP contribution in [0.1, 0.15) is 11.1 Å². The zero-order chi connectivity index (χ0) is 11.7. The normalized spacial score (nSPS) is 23.5. The highest BCUT2D eigenvalue weighted by atomic mass is 32.2. The number of fused-ring (bicyclic) bond motifs is 1. The van der Waals surface area contributed by atoms with Gasteiger partial charge in [0.15, 0.2) is 0 Å². The average molecular weight is 248 g/mol. The van der Waals surface area contributed by atoms with Gasteiger partial charge in [-0.1, -0.05) is 24.3 Å². The fourth-order valence-electron chi connectivity index (χ4n) is 2.43. The van der Waals surface area contributed by atoms with Crippen LogP contribution in [0.4, 0.5) is 0 Å². The van der Waals surface area contributed by atoms with Crippen LogP contribution in [0.2, 0.25) is 0 Å². The first-order chi connectivity index (χ1) is 8.34. The van der Waals surface area contributed by atoms with Crippen LogP contribution in [0.3, 0.4) is 0 Å². The van der Waals surface area contributed by atoms with Crippen molar-refractivity contribution in [2.45, 2.75) is 19.1 Å². The van der Waals surface area contributed by atoms with Gasteiger partial charge >= 0.3 is 0 Å². The molecule has 1 saturated heterocycles. The Labute approximate surface area is 106 Å². The van der Waals surface area contributed by atoms with Crippen molar-refractivity contribution in [3.05, 3.63) is 35.4 Å². The van der Waals surface area contributed by atoms with E-state index in [4.69, 9.17) is 0 Å². The topological polar surface area (TPSA) is 32.3 Å². The molecule has 1 N–H and O–H groups in total. The summed E-state index contributed by atoms with van der Waals surface area (Å²) < 4.78 is 0. The molecule has 0 bridgehead atoms. The van der Waals surface area contributed by atoms with Crippen LogP contribution in [0.25, 0.3) is 0 Å². The summed E-state index contributed by atoms with van der Waals surface area (Å²) in [6.45, 7) is 2.50. The van der Waals surface area contributed by atoms with Crippen molar-refractivity contribution in [3.63, 3.8) is 0 Å². The number of carbonyl (C=O) groups excluding carboxylic acids is 1. The second-order valence-corrected chi connectivity index (χ2v) is 5.69. The lowest BCUT2D eigenvalue weighted by atomic mass is 10.1. The molecule has 0 saturated carbocycles. The molecular weight excluding hydrogens is 232 g/mol. The molecule has 17 heavy (non-hydrogen) atoms. The van der Waals surface area contributed by atoms with Crippen molar-refractivity contribution in [2.24, 2.45) is 0 Å². The van der Waals surface area contributed by atoms with Gasteiger partial charge in [-0.05, 0) is 11.1 Å². The van der Waals surface area contributed by atoms with Gasteiger partial charge in [0.25, 0.3) is 0 Å². The Morgan fingerprint density at radius 1 is 1.29 bits per heavy atom. The first-order valence-corrected chi connectivity index (χ1v) is 7.17. The van der Waals surface area contributed by atoms with Crippen molar-refractivity contribution in [1.29, 1.82) is 0 Å². The summed E-state index contributed by atoms with van der Waals surface area (Å²) in [5.41, 5.74) is 2.59. The fraction of sp³-hybridized carbons (Fsp3) is 0.462. The second-order valence-electron chi connectivity index (χ2n) is 4.54. The largest absolute Gasteiger partial charge is 0.333 e. The maximum absolute atomic E-state index is 12.3. The lowest BCUT2D eigenvalue weighted by molar-refractivity contribution is -0.133. The minimum Gasteiger partial charge on any atom is -0.333 e. The first-order valence-electron chi connectivity index (χ1n) is 6.01. The van der Waals surface area contributed by atoms with Crippen LogP contribution in [-0.2, 0) is 17.9 Å². The Morgan fingerprint density at radius 2 is 2.00 bits per heavy atom. The third-order valence-corrected chi connectivity index (χ3v) is 4.43. The molecule has 4 heteroatoms. The molecule has 90 valence electrons.